The van der Waals surface area contributed by atoms with E-state index in [1.54, 1.807) is 19.2 Å². The van der Waals surface area contributed by atoms with Crippen LogP contribution in [0.3, 0.4) is 0 Å². The van der Waals surface area contributed by atoms with Gasteiger partial charge in [-0.2, -0.15) is 0 Å². The van der Waals surface area contributed by atoms with Crippen LogP contribution >= 0.6 is 0 Å². The molecule has 1 unspecified atom stereocenters. The van der Waals surface area contributed by atoms with E-state index in [4.69, 9.17) is 4.74 Å². The maximum atomic E-state index is 9.33. The van der Waals surface area contributed by atoms with Crippen molar-refractivity contribution in [2.45, 2.75) is 25.3 Å². The van der Waals surface area contributed by atoms with E-state index in [1.165, 1.54) is 12.8 Å². The van der Waals surface area contributed by atoms with Gasteiger partial charge in [-0.25, -0.2) is 0 Å². The van der Waals surface area contributed by atoms with Crippen LogP contribution < -0.4 is 10.1 Å². The monoisotopic (exact) mass is 207 g/mol. The standard InChI is InChI=1S/C12H17NO2/c1-15-12-8-11(14)5-4-9(12)7-10-3-2-6-13-10/h4-5,8,10,13-14H,2-3,6-7H2,1H3. The number of aromatic hydroxyl groups is 1. The molecule has 1 saturated heterocycles. The van der Waals surface area contributed by atoms with Gasteiger partial charge < -0.3 is 15.2 Å². The van der Waals surface area contributed by atoms with Crippen LogP contribution in [0.5, 0.6) is 11.5 Å². The fraction of sp³-hybridized carbons (Fsp3) is 0.500. The molecular weight excluding hydrogens is 190 g/mol. The predicted molar refractivity (Wildman–Crippen MR) is 59.4 cm³/mol. The highest BCUT2D eigenvalue weighted by Crippen LogP contribution is 2.26. The molecule has 1 aromatic carbocycles. The van der Waals surface area contributed by atoms with Gasteiger partial charge in [0.1, 0.15) is 11.5 Å². The Labute approximate surface area is 90.1 Å². The fourth-order valence-corrected chi connectivity index (χ4v) is 2.10. The molecule has 1 heterocycles. The first-order chi connectivity index (χ1) is 7.29. The largest absolute Gasteiger partial charge is 0.508 e. The quantitative estimate of drug-likeness (QED) is 0.792. The summed E-state index contributed by atoms with van der Waals surface area (Å²) in [5, 5.41) is 12.8. The molecule has 0 aliphatic carbocycles. The fourth-order valence-electron chi connectivity index (χ4n) is 2.10. The molecule has 2 rings (SSSR count). The van der Waals surface area contributed by atoms with E-state index in [9.17, 15) is 5.11 Å². The predicted octanol–water partition coefficient (Wildman–Crippen LogP) is 1.70. The SMILES string of the molecule is COc1cc(O)ccc1CC1CCCN1. The maximum Gasteiger partial charge on any atom is 0.125 e. The summed E-state index contributed by atoms with van der Waals surface area (Å²) in [7, 11) is 1.64. The summed E-state index contributed by atoms with van der Waals surface area (Å²) in [4.78, 5) is 0. The van der Waals surface area contributed by atoms with Gasteiger partial charge >= 0.3 is 0 Å². The minimum absolute atomic E-state index is 0.259. The second kappa shape index (κ2) is 4.53. The van der Waals surface area contributed by atoms with Gasteiger partial charge in [-0.15, -0.1) is 0 Å². The van der Waals surface area contributed by atoms with Gasteiger partial charge in [0, 0.05) is 12.1 Å². The smallest absolute Gasteiger partial charge is 0.125 e. The summed E-state index contributed by atoms with van der Waals surface area (Å²) < 4.78 is 5.25. The molecule has 0 bridgehead atoms. The number of rotatable bonds is 3. The van der Waals surface area contributed by atoms with Crippen molar-refractivity contribution in [2.75, 3.05) is 13.7 Å². The van der Waals surface area contributed by atoms with E-state index in [0.717, 1.165) is 24.3 Å². The third-order valence-electron chi connectivity index (χ3n) is 2.90. The summed E-state index contributed by atoms with van der Waals surface area (Å²) >= 11 is 0. The summed E-state index contributed by atoms with van der Waals surface area (Å²) in [6, 6.07) is 5.88. The van der Waals surface area contributed by atoms with Gasteiger partial charge in [0.15, 0.2) is 0 Å². The van der Waals surface area contributed by atoms with Gasteiger partial charge in [0.25, 0.3) is 0 Å². The Morgan fingerprint density at radius 3 is 3.07 bits per heavy atom. The molecule has 0 radical (unpaired) electrons. The van der Waals surface area contributed by atoms with Crippen LogP contribution in [-0.4, -0.2) is 24.8 Å². The van der Waals surface area contributed by atoms with Crippen molar-refractivity contribution in [2.24, 2.45) is 0 Å². The van der Waals surface area contributed by atoms with E-state index < -0.39 is 0 Å². The molecule has 0 spiro atoms. The number of phenolic OH excluding ortho intramolecular Hbond substituents is 1. The van der Waals surface area contributed by atoms with Crippen molar-refractivity contribution in [1.29, 1.82) is 0 Å². The molecule has 3 heteroatoms. The number of nitrogens with one attached hydrogen (secondary N) is 1. The second-order valence-corrected chi connectivity index (χ2v) is 3.99. The summed E-state index contributed by atoms with van der Waals surface area (Å²) in [5.74, 6) is 1.04. The third-order valence-corrected chi connectivity index (χ3v) is 2.90. The molecule has 1 aliphatic heterocycles. The normalized spacial score (nSPS) is 20.5. The Hall–Kier alpha value is -1.22. The summed E-state index contributed by atoms with van der Waals surface area (Å²) in [5.41, 5.74) is 1.16. The highest BCUT2D eigenvalue weighted by molar-refractivity contribution is 5.40. The lowest BCUT2D eigenvalue weighted by atomic mass is 10.0. The number of phenols is 1. The van der Waals surface area contributed by atoms with Gasteiger partial charge in [-0.1, -0.05) is 6.07 Å². The minimum Gasteiger partial charge on any atom is -0.508 e. The lowest BCUT2D eigenvalue weighted by molar-refractivity contribution is 0.400. The van der Waals surface area contributed by atoms with Crippen molar-refractivity contribution in [1.82, 2.24) is 5.32 Å². The zero-order chi connectivity index (χ0) is 10.7. The van der Waals surface area contributed by atoms with Crippen molar-refractivity contribution in [3.05, 3.63) is 23.8 Å². The maximum absolute atomic E-state index is 9.33. The Morgan fingerprint density at radius 2 is 2.40 bits per heavy atom. The van der Waals surface area contributed by atoms with Crippen LogP contribution in [0.1, 0.15) is 18.4 Å². The number of ether oxygens (including phenoxy) is 1. The molecule has 1 atom stereocenters. The van der Waals surface area contributed by atoms with Crippen LogP contribution in [0.2, 0.25) is 0 Å². The van der Waals surface area contributed by atoms with Crippen molar-refractivity contribution in [3.63, 3.8) is 0 Å². The van der Waals surface area contributed by atoms with Crippen LogP contribution in [0.25, 0.3) is 0 Å². The third kappa shape index (κ3) is 2.42. The number of methoxy groups -OCH3 is 1. The molecular formula is C12H17NO2. The molecule has 3 nitrogen and oxygen atoms in total. The highest BCUT2D eigenvalue weighted by atomic mass is 16.5. The van der Waals surface area contributed by atoms with Gasteiger partial charge in [-0.05, 0) is 37.4 Å². The summed E-state index contributed by atoms with van der Waals surface area (Å²) in [6.45, 7) is 1.12. The number of benzene rings is 1. The molecule has 1 aromatic rings. The first-order valence-electron chi connectivity index (χ1n) is 5.39. The zero-order valence-corrected chi connectivity index (χ0v) is 8.99. The van der Waals surface area contributed by atoms with Crippen molar-refractivity contribution < 1.29 is 9.84 Å². The van der Waals surface area contributed by atoms with Crippen LogP contribution in [0.15, 0.2) is 18.2 Å². The van der Waals surface area contributed by atoms with Crippen LogP contribution in [0, 0.1) is 0 Å². The Morgan fingerprint density at radius 1 is 1.53 bits per heavy atom. The zero-order valence-electron chi connectivity index (χ0n) is 8.99. The molecule has 1 fully saturated rings. The molecule has 82 valence electrons. The van der Waals surface area contributed by atoms with Gasteiger partial charge in [-0.3, -0.25) is 0 Å². The first kappa shape index (κ1) is 10.3. The average Bonchev–Trinajstić information content (AvgIpc) is 2.73. The van der Waals surface area contributed by atoms with Crippen LogP contribution in [0.4, 0.5) is 0 Å². The van der Waals surface area contributed by atoms with E-state index in [1.807, 2.05) is 6.07 Å². The second-order valence-electron chi connectivity index (χ2n) is 3.99. The van der Waals surface area contributed by atoms with Crippen LogP contribution in [-0.2, 0) is 6.42 Å². The van der Waals surface area contributed by atoms with Crippen molar-refractivity contribution >= 4 is 0 Å². The molecule has 15 heavy (non-hydrogen) atoms. The molecule has 0 saturated carbocycles. The molecule has 0 amide bonds. The minimum atomic E-state index is 0.259. The van der Waals surface area contributed by atoms with Gasteiger partial charge in [0.2, 0.25) is 0 Å². The first-order valence-corrected chi connectivity index (χ1v) is 5.39. The van der Waals surface area contributed by atoms with Crippen molar-refractivity contribution in [3.8, 4) is 11.5 Å². The number of hydrogen-bond donors (Lipinski definition) is 2. The number of hydrogen-bond acceptors (Lipinski definition) is 3. The van der Waals surface area contributed by atoms with E-state index in [0.29, 0.717) is 6.04 Å². The van der Waals surface area contributed by atoms with Gasteiger partial charge in [0.05, 0.1) is 7.11 Å². The lowest BCUT2D eigenvalue weighted by Crippen LogP contribution is -2.23. The average molecular weight is 207 g/mol. The Bertz CT molecular complexity index is 332. The van der Waals surface area contributed by atoms with E-state index in [2.05, 4.69) is 5.32 Å². The molecule has 1 aliphatic rings. The molecule has 0 aromatic heterocycles. The van der Waals surface area contributed by atoms with E-state index in [-0.39, 0.29) is 5.75 Å². The van der Waals surface area contributed by atoms with E-state index >= 15 is 0 Å². The Kier molecular flexibility index (Phi) is 3.11. The molecule has 2 N–H and O–H groups in total. The highest BCUT2D eigenvalue weighted by Gasteiger charge is 2.16. The summed E-state index contributed by atoms with van der Waals surface area (Å²) in [6.07, 6.45) is 3.46. The topological polar surface area (TPSA) is 41.5 Å². The Balaban J connectivity index is 2.12. The lowest BCUT2D eigenvalue weighted by Gasteiger charge is -2.13.